The molecule has 170 valence electrons. The minimum Gasteiger partial charge on any atom is -0.378 e. The van der Waals surface area contributed by atoms with Crippen LogP contribution in [-0.4, -0.2) is 54.7 Å². The quantitative estimate of drug-likeness (QED) is 0.259. The second kappa shape index (κ2) is 9.50. The average Bonchev–Trinajstić information content (AvgIpc) is 2.83. The number of benzene rings is 2. The molecule has 9 heteroatoms. The molecule has 0 bridgehead atoms. The Labute approximate surface area is 202 Å². The predicted molar refractivity (Wildman–Crippen MR) is 133 cm³/mol. The van der Waals surface area contributed by atoms with Crippen molar-refractivity contribution in [3.8, 4) is 0 Å². The zero-order chi connectivity index (χ0) is 22.9. The molecule has 2 aliphatic rings. The van der Waals surface area contributed by atoms with Gasteiger partial charge < -0.3 is 9.64 Å². The Bertz CT molecular complexity index is 1130. The number of anilines is 1. The van der Waals surface area contributed by atoms with Crippen molar-refractivity contribution in [2.45, 2.75) is 27.4 Å². The lowest BCUT2D eigenvalue weighted by atomic mass is 9.96. The minimum atomic E-state index is -3.68. The SMILES string of the molecule is CCC1C(C(I)C(=O)N2CCOCC2)=C(N(N)c2ccccc2)c2ccccc2S1(=O)=O. The lowest BCUT2D eigenvalue weighted by molar-refractivity contribution is -0.133. The molecule has 0 aromatic heterocycles. The first-order valence-electron chi connectivity index (χ1n) is 10.6. The van der Waals surface area contributed by atoms with Gasteiger partial charge in [0.15, 0.2) is 9.84 Å². The summed E-state index contributed by atoms with van der Waals surface area (Å²) in [6, 6.07) is 16.3. The van der Waals surface area contributed by atoms with E-state index in [-0.39, 0.29) is 10.8 Å². The van der Waals surface area contributed by atoms with Crippen LogP contribution in [0.5, 0.6) is 0 Å². The molecule has 0 spiro atoms. The first kappa shape index (κ1) is 23.2. The number of alkyl halides is 1. The Morgan fingerprint density at radius 1 is 1.16 bits per heavy atom. The molecule has 2 aromatic carbocycles. The zero-order valence-electron chi connectivity index (χ0n) is 17.8. The third-order valence-corrected chi connectivity index (χ3v) is 9.41. The van der Waals surface area contributed by atoms with Crippen LogP contribution in [0.1, 0.15) is 18.9 Å². The molecule has 1 saturated heterocycles. The van der Waals surface area contributed by atoms with Crippen LogP contribution in [0.15, 0.2) is 65.1 Å². The van der Waals surface area contributed by atoms with E-state index in [4.69, 9.17) is 10.6 Å². The van der Waals surface area contributed by atoms with Crippen LogP contribution in [-0.2, 0) is 19.4 Å². The lowest BCUT2D eigenvalue weighted by Gasteiger charge is -2.37. The largest absolute Gasteiger partial charge is 0.378 e. The van der Waals surface area contributed by atoms with Crippen molar-refractivity contribution in [3.05, 3.63) is 65.7 Å². The average molecular weight is 567 g/mol. The van der Waals surface area contributed by atoms with Gasteiger partial charge >= 0.3 is 0 Å². The van der Waals surface area contributed by atoms with E-state index in [1.54, 1.807) is 29.2 Å². The van der Waals surface area contributed by atoms with Gasteiger partial charge in [-0.3, -0.25) is 9.80 Å². The molecule has 2 atom stereocenters. The lowest BCUT2D eigenvalue weighted by Crippen LogP contribution is -2.48. The van der Waals surface area contributed by atoms with Gasteiger partial charge in [-0.1, -0.05) is 65.9 Å². The van der Waals surface area contributed by atoms with E-state index in [2.05, 4.69) is 22.6 Å². The number of hydrogen-bond acceptors (Lipinski definition) is 6. The van der Waals surface area contributed by atoms with Crippen molar-refractivity contribution in [2.75, 3.05) is 31.3 Å². The highest BCUT2D eigenvalue weighted by Crippen LogP contribution is 2.44. The van der Waals surface area contributed by atoms with E-state index < -0.39 is 19.0 Å². The Hall–Kier alpha value is -1.95. The van der Waals surface area contributed by atoms with Crippen molar-refractivity contribution < 1.29 is 17.9 Å². The Balaban J connectivity index is 1.94. The molecule has 7 nitrogen and oxygen atoms in total. The summed E-state index contributed by atoms with van der Waals surface area (Å²) in [4.78, 5) is 15.5. The van der Waals surface area contributed by atoms with Crippen LogP contribution in [0.25, 0.3) is 5.70 Å². The maximum absolute atomic E-state index is 13.6. The van der Waals surface area contributed by atoms with Gasteiger partial charge in [-0.25, -0.2) is 14.3 Å². The summed E-state index contributed by atoms with van der Waals surface area (Å²) in [6.07, 6.45) is 0.341. The van der Waals surface area contributed by atoms with E-state index in [1.807, 2.05) is 37.3 Å². The number of hydrogen-bond donors (Lipinski definition) is 1. The molecule has 0 aliphatic carbocycles. The van der Waals surface area contributed by atoms with Gasteiger partial charge in [-0.05, 0) is 30.2 Å². The number of carbonyl (C=O) groups excluding carboxylic acids is 1. The van der Waals surface area contributed by atoms with Crippen molar-refractivity contribution >= 4 is 49.7 Å². The molecular weight excluding hydrogens is 541 g/mol. The number of ether oxygens (including phenoxy) is 1. The van der Waals surface area contributed by atoms with Gasteiger partial charge in [0.25, 0.3) is 0 Å². The number of nitrogens with two attached hydrogens (primary N) is 1. The summed E-state index contributed by atoms with van der Waals surface area (Å²) < 4.78 is 31.9. The first-order valence-corrected chi connectivity index (χ1v) is 13.3. The van der Waals surface area contributed by atoms with Gasteiger partial charge in [0.05, 0.1) is 34.7 Å². The Morgan fingerprint density at radius 3 is 2.44 bits per heavy atom. The number of amides is 1. The number of hydrazine groups is 1. The highest BCUT2D eigenvalue weighted by atomic mass is 127. The fourth-order valence-electron chi connectivity index (χ4n) is 4.32. The minimum absolute atomic E-state index is 0.115. The number of halogens is 1. The van der Waals surface area contributed by atoms with E-state index in [9.17, 15) is 13.2 Å². The molecule has 2 aromatic rings. The highest BCUT2D eigenvalue weighted by Gasteiger charge is 2.44. The van der Waals surface area contributed by atoms with E-state index >= 15 is 0 Å². The van der Waals surface area contributed by atoms with Gasteiger partial charge in [-0.15, -0.1) is 0 Å². The maximum Gasteiger partial charge on any atom is 0.239 e. The number of fused-ring (bicyclic) bond motifs is 1. The summed E-state index contributed by atoms with van der Waals surface area (Å²) >= 11 is 2.07. The summed E-state index contributed by atoms with van der Waals surface area (Å²) in [6.45, 7) is 3.77. The van der Waals surface area contributed by atoms with Crippen LogP contribution in [0.3, 0.4) is 0 Å². The van der Waals surface area contributed by atoms with Crippen LogP contribution >= 0.6 is 22.6 Å². The molecular formula is C23H26IN3O4S. The molecule has 2 aliphatic heterocycles. The Kier molecular flexibility index (Phi) is 6.89. The second-order valence-electron chi connectivity index (χ2n) is 7.75. The van der Waals surface area contributed by atoms with Crippen molar-refractivity contribution in [1.82, 2.24) is 4.90 Å². The molecule has 2 unspecified atom stereocenters. The third kappa shape index (κ3) is 4.07. The number of para-hydroxylation sites is 1. The maximum atomic E-state index is 13.6. The van der Waals surface area contributed by atoms with Gasteiger partial charge in [0.1, 0.15) is 3.92 Å². The molecule has 2 heterocycles. The number of rotatable bonds is 5. The normalized spacial score (nSPS) is 21.1. The van der Waals surface area contributed by atoms with Gasteiger partial charge in [0, 0.05) is 18.7 Å². The fraction of sp³-hybridized carbons (Fsp3) is 0.348. The molecule has 0 saturated carbocycles. The monoisotopic (exact) mass is 567 g/mol. The number of morpholine rings is 1. The first-order chi connectivity index (χ1) is 15.4. The fourth-order valence-corrected chi connectivity index (χ4v) is 7.76. The number of sulfone groups is 1. The smallest absolute Gasteiger partial charge is 0.239 e. The highest BCUT2D eigenvalue weighted by molar-refractivity contribution is 14.1. The van der Waals surface area contributed by atoms with Crippen molar-refractivity contribution in [1.29, 1.82) is 0 Å². The Morgan fingerprint density at radius 2 is 1.78 bits per heavy atom. The molecule has 32 heavy (non-hydrogen) atoms. The number of carbonyl (C=O) groups is 1. The summed E-state index contributed by atoms with van der Waals surface area (Å²) in [7, 11) is -3.68. The van der Waals surface area contributed by atoms with Crippen LogP contribution < -0.4 is 10.9 Å². The molecule has 1 amide bonds. The van der Waals surface area contributed by atoms with Crippen LogP contribution in [0.2, 0.25) is 0 Å². The van der Waals surface area contributed by atoms with E-state index in [0.29, 0.717) is 55.2 Å². The number of nitrogens with zero attached hydrogens (tertiary/aromatic N) is 2. The third-order valence-electron chi connectivity index (χ3n) is 5.90. The topological polar surface area (TPSA) is 92.9 Å². The van der Waals surface area contributed by atoms with E-state index in [1.165, 1.54) is 5.01 Å². The van der Waals surface area contributed by atoms with Crippen LogP contribution in [0.4, 0.5) is 5.69 Å². The second-order valence-corrected chi connectivity index (χ2v) is 11.1. The van der Waals surface area contributed by atoms with Gasteiger partial charge in [-0.2, -0.15) is 0 Å². The van der Waals surface area contributed by atoms with Gasteiger partial charge in [0.2, 0.25) is 5.91 Å². The zero-order valence-corrected chi connectivity index (χ0v) is 20.8. The molecule has 1 fully saturated rings. The van der Waals surface area contributed by atoms with Crippen molar-refractivity contribution in [2.24, 2.45) is 5.84 Å². The summed E-state index contributed by atoms with van der Waals surface area (Å²) in [5.74, 6) is 6.51. The molecule has 2 N–H and O–H groups in total. The van der Waals surface area contributed by atoms with E-state index in [0.717, 1.165) is 0 Å². The summed E-state index contributed by atoms with van der Waals surface area (Å²) in [5, 5.41) is 0.679. The molecule has 0 radical (unpaired) electrons. The predicted octanol–water partition coefficient (Wildman–Crippen LogP) is 3.01. The van der Waals surface area contributed by atoms with Crippen LogP contribution in [0, 0.1) is 0 Å². The molecule has 4 rings (SSSR count). The van der Waals surface area contributed by atoms with Crippen molar-refractivity contribution in [3.63, 3.8) is 0 Å². The summed E-state index contributed by atoms with van der Waals surface area (Å²) in [5.41, 5.74) is 2.35. The standard InChI is InChI=1S/C23H26IN3O4S/c1-2-18-20(21(24)23(28)26-12-14-31-15-13-26)22(27(25)16-8-4-3-5-9-16)17-10-6-7-11-19(17)32(18,29)30/h3-11,18,21H,2,12-15,25H2,1H3.